The number of amides is 2. The topological polar surface area (TPSA) is 114 Å². The van der Waals surface area contributed by atoms with Crippen LogP contribution >= 0.6 is 23.2 Å². The number of aryl methyl sites for hydroxylation is 2. The van der Waals surface area contributed by atoms with Crippen molar-refractivity contribution in [3.05, 3.63) is 17.2 Å². The van der Waals surface area contributed by atoms with E-state index >= 15 is 0 Å². The van der Waals surface area contributed by atoms with Gasteiger partial charge in [-0.1, -0.05) is 0 Å². The third-order valence-corrected chi connectivity index (χ3v) is 3.06. The molecule has 0 saturated carbocycles. The number of nitrogens with two attached hydrogens (primary N) is 2. The Balaban J connectivity index is 3.55. The highest BCUT2D eigenvalue weighted by atomic mass is 35.5. The molecule has 22 heavy (non-hydrogen) atoms. The lowest BCUT2D eigenvalue weighted by Gasteiger charge is -2.18. The second-order valence-electron chi connectivity index (χ2n) is 4.11. The fraction of sp³-hybridized carbons (Fsp3) is 0.385. The number of hydrogen-bond donors (Lipinski definition) is 2. The van der Waals surface area contributed by atoms with Gasteiger partial charge in [0.15, 0.2) is 11.5 Å². The maximum Gasteiger partial charge on any atom is 0.410 e. The summed E-state index contributed by atoms with van der Waals surface area (Å²) in [5.41, 5.74) is 11.3. The van der Waals surface area contributed by atoms with E-state index in [1.165, 1.54) is 7.11 Å². The Hall–Kier alpha value is -1.86. The summed E-state index contributed by atoms with van der Waals surface area (Å²) in [6.07, 6.45) is -1.31. The summed E-state index contributed by atoms with van der Waals surface area (Å²) in [7, 11) is 1.33. The van der Waals surface area contributed by atoms with E-state index in [2.05, 4.69) is 0 Å². The SMILES string of the molecule is COc1c(OC(N)=O)c(CCCl)cc(CCCl)c1OC(N)=O. The highest BCUT2D eigenvalue weighted by Gasteiger charge is 2.24. The number of hydrogen-bond acceptors (Lipinski definition) is 5. The molecule has 1 aromatic rings. The van der Waals surface area contributed by atoms with Crippen molar-refractivity contribution in [2.75, 3.05) is 18.9 Å². The van der Waals surface area contributed by atoms with Gasteiger partial charge in [0.2, 0.25) is 5.75 Å². The molecule has 4 N–H and O–H groups in total. The van der Waals surface area contributed by atoms with Crippen LogP contribution in [0.25, 0.3) is 0 Å². The van der Waals surface area contributed by atoms with E-state index < -0.39 is 12.2 Å². The molecular formula is C13H16Cl2N2O5. The van der Waals surface area contributed by atoms with Crippen molar-refractivity contribution >= 4 is 35.4 Å². The minimum atomic E-state index is -1.04. The van der Waals surface area contributed by atoms with E-state index in [-0.39, 0.29) is 29.0 Å². The Morgan fingerprint density at radius 2 is 1.36 bits per heavy atom. The molecule has 0 unspecified atom stereocenters. The van der Waals surface area contributed by atoms with Gasteiger partial charge in [0, 0.05) is 22.9 Å². The Morgan fingerprint density at radius 3 is 1.64 bits per heavy atom. The zero-order valence-corrected chi connectivity index (χ0v) is 13.4. The van der Waals surface area contributed by atoms with Crippen molar-refractivity contribution in [3.8, 4) is 17.2 Å². The summed E-state index contributed by atoms with van der Waals surface area (Å²) in [6.45, 7) is 0. The molecule has 0 spiro atoms. The Labute approximate surface area is 137 Å². The summed E-state index contributed by atoms with van der Waals surface area (Å²) in [5, 5.41) is 0. The van der Waals surface area contributed by atoms with E-state index in [1.807, 2.05) is 0 Å². The molecule has 0 atom stereocenters. The van der Waals surface area contributed by atoms with Gasteiger partial charge < -0.3 is 25.7 Å². The zero-order valence-electron chi connectivity index (χ0n) is 11.9. The van der Waals surface area contributed by atoms with Crippen LogP contribution < -0.4 is 25.7 Å². The van der Waals surface area contributed by atoms with Crippen LogP contribution in [0.3, 0.4) is 0 Å². The minimum Gasteiger partial charge on any atom is -0.490 e. The van der Waals surface area contributed by atoms with E-state index in [0.717, 1.165) is 0 Å². The molecule has 9 heteroatoms. The Bertz CT molecular complexity index is 522. The number of benzene rings is 1. The number of methoxy groups -OCH3 is 1. The van der Waals surface area contributed by atoms with Crippen molar-refractivity contribution in [1.82, 2.24) is 0 Å². The Morgan fingerprint density at radius 1 is 0.955 bits per heavy atom. The summed E-state index contributed by atoms with van der Waals surface area (Å²) in [6, 6.07) is 1.66. The molecular weight excluding hydrogens is 335 g/mol. The first-order valence-electron chi connectivity index (χ1n) is 6.23. The van der Waals surface area contributed by atoms with Crippen molar-refractivity contribution in [2.24, 2.45) is 11.5 Å². The molecule has 0 saturated heterocycles. The van der Waals surface area contributed by atoms with Crippen LogP contribution in [0.5, 0.6) is 17.2 Å². The number of halogens is 2. The molecule has 0 bridgehead atoms. The molecule has 2 amide bonds. The van der Waals surface area contributed by atoms with Crippen LogP contribution in [0.15, 0.2) is 6.07 Å². The molecule has 0 fully saturated rings. The molecule has 0 aliphatic carbocycles. The predicted molar refractivity (Wildman–Crippen MR) is 82.3 cm³/mol. The molecule has 0 radical (unpaired) electrons. The zero-order chi connectivity index (χ0) is 16.7. The lowest BCUT2D eigenvalue weighted by Crippen LogP contribution is -2.20. The molecule has 1 aromatic carbocycles. The van der Waals surface area contributed by atoms with Crippen LogP contribution in [-0.2, 0) is 12.8 Å². The van der Waals surface area contributed by atoms with Crippen LogP contribution in [-0.4, -0.2) is 31.1 Å². The molecule has 1 rings (SSSR count). The highest BCUT2D eigenvalue weighted by Crippen LogP contribution is 2.43. The second kappa shape index (κ2) is 8.55. The van der Waals surface area contributed by atoms with Crippen LogP contribution in [0.1, 0.15) is 11.1 Å². The third kappa shape index (κ3) is 4.57. The first-order chi connectivity index (χ1) is 10.4. The summed E-state index contributed by atoms with van der Waals surface area (Å²) < 4.78 is 15.1. The summed E-state index contributed by atoms with van der Waals surface area (Å²) in [5.74, 6) is 0.638. The number of alkyl halides is 2. The van der Waals surface area contributed by atoms with Gasteiger partial charge in [-0.2, -0.15) is 0 Å². The molecule has 0 aromatic heterocycles. The average molecular weight is 351 g/mol. The first-order valence-corrected chi connectivity index (χ1v) is 7.30. The fourth-order valence-corrected chi connectivity index (χ4v) is 2.33. The number of ether oxygens (including phenoxy) is 3. The van der Waals surface area contributed by atoms with Gasteiger partial charge in [-0.3, -0.25) is 0 Å². The van der Waals surface area contributed by atoms with E-state index in [0.29, 0.717) is 24.0 Å². The smallest absolute Gasteiger partial charge is 0.410 e. The standard InChI is InChI=1S/C13H16Cl2N2O5/c1-20-11-9(21-12(16)18)7(2-4-14)6-8(3-5-15)10(11)22-13(17)19/h6H,2-5H2,1H3,(H2,16,18)(H2,17,19). The van der Waals surface area contributed by atoms with Crippen molar-refractivity contribution in [3.63, 3.8) is 0 Å². The van der Waals surface area contributed by atoms with Crippen LogP contribution in [0.4, 0.5) is 9.59 Å². The molecule has 0 aliphatic heterocycles. The minimum absolute atomic E-state index is 0.0281. The van der Waals surface area contributed by atoms with Crippen molar-refractivity contribution in [2.45, 2.75) is 12.8 Å². The molecule has 0 aliphatic rings. The van der Waals surface area contributed by atoms with E-state index in [9.17, 15) is 9.59 Å². The van der Waals surface area contributed by atoms with Crippen LogP contribution in [0.2, 0.25) is 0 Å². The number of primary amides is 2. The van der Waals surface area contributed by atoms with Gasteiger partial charge in [0.1, 0.15) is 0 Å². The van der Waals surface area contributed by atoms with Crippen molar-refractivity contribution in [1.29, 1.82) is 0 Å². The normalized spacial score (nSPS) is 10.1. The van der Waals surface area contributed by atoms with Gasteiger partial charge >= 0.3 is 12.2 Å². The quantitative estimate of drug-likeness (QED) is 0.731. The third-order valence-electron chi connectivity index (χ3n) is 2.68. The van der Waals surface area contributed by atoms with Gasteiger partial charge in [0.25, 0.3) is 0 Å². The van der Waals surface area contributed by atoms with Gasteiger partial charge in [-0.25, -0.2) is 9.59 Å². The largest absolute Gasteiger partial charge is 0.490 e. The monoisotopic (exact) mass is 350 g/mol. The van der Waals surface area contributed by atoms with Gasteiger partial charge in [-0.05, 0) is 18.9 Å². The second-order valence-corrected chi connectivity index (χ2v) is 4.86. The summed E-state index contributed by atoms with van der Waals surface area (Å²) >= 11 is 11.5. The maximum atomic E-state index is 11.1. The maximum absolute atomic E-state index is 11.1. The number of carbonyl (C=O) groups excluding carboxylic acids is 2. The summed E-state index contributed by atoms with van der Waals surface area (Å²) in [4.78, 5) is 22.2. The fourth-order valence-electron chi connectivity index (χ4n) is 1.92. The highest BCUT2D eigenvalue weighted by molar-refractivity contribution is 6.18. The van der Waals surface area contributed by atoms with Crippen molar-refractivity contribution < 1.29 is 23.8 Å². The Kier molecular flexibility index (Phi) is 7.07. The average Bonchev–Trinajstić information content (AvgIpc) is 2.43. The predicted octanol–water partition coefficient (Wildman–Crippen LogP) is 2.17. The number of carbonyl (C=O) groups is 2. The van der Waals surface area contributed by atoms with Gasteiger partial charge in [0.05, 0.1) is 7.11 Å². The number of rotatable bonds is 7. The molecule has 0 heterocycles. The van der Waals surface area contributed by atoms with E-state index in [4.69, 9.17) is 48.9 Å². The van der Waals surface area contributed by atoms with Gasteiger partial charge in [-0.15, -0.1) is 23.2 Å². The first kappa shape index (κ1) is 18.2. The van der Waals surface area contributed by atoms with E-state index in [1.54, 1.807) is 6.07 Å². The molecule has 7 nitrogen and oxygen atoms in total. The van der Waals surface area contributed by atoms with Crippen LogP contribution in [0, 0.1) is 0 Å². The molecule has 122 valence electrons. The lowest BCUT2D eigenvalue weighted by molar-refractivity contribution is 0.204. The lowest BCUT2D eigenvalue weighted by atomic mass is 10.0.